The van der Waals surface area contributed by atoms with Crippen LogP contribution in [0.2, 0.25) is 0 Å². The van der Waals surface area contributed by atoms with E-state index in [1.165, 1.54) is 11.1 Å². The molecule has 2 aromatic rings. The van der Waals surface area contributed by atoms with E-state index >= 15 is 0 Å². The van der Waals surface area contributed by atoms with Crippen LogP contribution in [0.1, 0.15) is 22.9 Å². The third-order valence-electron chi connectivity index (χ3n) is 3.70. The van der Waals surface area contributed by atoms with Crippen molar-refractivity contribution in [1.82, 2.24) is 15.1 Å². The summed E-state index contributed by atoms with van der Waals surface area (Å²) in [5, 5.41) is 11.4. The molecule has 4 nitrogen and oxygen atoms in total. The first kappa shape index (κ1) is 12.2. The molecule has 0 saturated carbocycles. The quantitative estimate of drug-likeness (QED) is 0.883. The normalized spacial score (nSPS) is 18.1. The minimum absolute atomic E-state index is 0.375. The number of benzene rings is 1. The summed E-state index contributed by atoms with van der Waals surface area (Å²) < 4.78 is 1.89. The maximum absolute atomic E-state index is 4.35. The van der Waals surface area contributed by atoms with Crippen LogP contribution >= 0.6 is 0 Å². The number of aryl methyl sites for hydroxylation is 2. The van der Waals surface area contributed by atoms with Crippen molar-refractivity contribution in [1.29, 1.82) is 0 Å². The highest BCUT2D eigenvalue weighted by molar-refractivity contribution is 5.39. The molecule has 1 aromatic heterocycles. The SMILES string of the molecule is Cc1cc(NCC2NCCc3ccccc32)n(C)n1. The van der Waals surface area contributed by atoms with Gasteiger partial charge in [0.05, 0.1) is 5.69 Å². The number of hydrogen-bond donors (Lipinski definition) is 2. The summed E-state index contributed by atoms with van der Waals surface area (Å²) in [5.41, 5.74) is 3.93. The number of nitrogens with one attached hydrogen (secondary N) is 2. The van der Waals surface area contributed by atoms with E-state index < -0.39 is 0 Å². The van der Waals surface area contributed by atoms with Crippen LogP contribution in [0.15, 0.2) is 30.3 Å². The van der Waals surface area contributed by atoms with Crippen molar-refractivity contribution < 1.29 is 0 Å². The number of hydrogen-bond acceptors (Lipinski definition) is 3. The van der Waals surface area contributed by atoms with Crippen molar-refractivity contribution in [3.63, 3.8) is 0 Å². The standard InChI is InChI=1S/C15H20N4/c1-11-9-15(19(2)18-11)17-10-14-13-6-4-3-5-12(13)7-8-16-14/h3-6,9,14,16-17H,7-8,10H2,1-2H3. The van der Waals surface area contributed by atoms with Crippen molar-refractivity contribution in [3.05, 3.63) is 47.2 Å². The largest absolute Gasteiger partial charge is 0.368 e. The predicted octanol–water partition coefficient (Wildman–Crippen LogP) is 2.03. The molecule has 4 heteroatoms. The van der Waals surface area contributed by atoms with Crippen LogP contribution in [0.4, 0.5) is 5.82 Å². The molecular formula is C15H20N4. The third-order valence-corrected chi connectivity index (χ3v) is 3.70. The Morgan fingerprint density at radius 2 is 2.26 bits per heavy atom. The van der Waals surface area contributed by atoms with E-state index in [4.69, 9.17) is 0 Å². The van der Waals surface area contributed by atoms with Crippen LogP contribution in [0.25, 0.3) is 0 Å². The lowest BCUT2D eigenvalue weighted by Crippen LogP contribution is -2.34. The number of anilines is 1. The average molecular weight is 256 g/mol. The van der Waals surface area contributed by atoms with Crippen molar-refractivity contribution in [3.8, 4) is 0 Å². The van der Waals surface area contributed by atoms with Gasteiger partial charge in [0.25, 0.3) is 0 Å². The molecule has 1 aromatic carbocycles. The Hall–Kier alpha value is -1.81. The van der Waals surface area contributed by atoms with Gasteiger partial charge in [-0.25, -0.2) is 0 Å². The molecule has 0 saturated heterocycles. The second-order valence-electron chi connectivity index (χ2n) is 5.13. The summed E-state index contributed by atoms with van der Waals surface area (Å²) in [6.45, 7) is 3.95. The maximum Gasteiger partial charge on any atom is 0.124 e. The highest BCUT2D eigenvalue weighted by atomic mass is 15.3. The molecule has 0 aliphatic carbocycles. The molecular weight excluding hydrogens is 236 g/mol. The van der Waals surface area contributed by atoms with Gasteiger partial charge in [0.2, 0.25) is 0 Å². The van der Waals surface area contributed by atoms with E-state index in [2.05, 4.69) is 46.1 Å². The van der Waals surface area contributed by atoms with Gasteiger partial charge in [0.1, 0.15) is 5.82 Å². The maximum atomic E-state index is 4.35. The smallest absolute Gasteiger partial charge is 0.124 e. The van der Waals surface area contributed by atoms with E-state index in [1.807, 2.05) is 18.7 Å². The number of aromatic nitrogens is 2. The molecule has 0 radical (unpaired) electrons. The summed E-state index contributed by atoms with van der Waals surface area (Å²) in [6, 6.07) is 11.2. The van der Waals surface area contributed by atoms with Crippen LogP contribution in [0.3, 0.4) is 0 Å². The first-order chi connectivity index (χ1) is 9.24. The molecule has 19 heavy (non-hydrogen) atoms. The summed E-state index contributed by atoms with van der Waals surface area (Å²) in [7, 11) is 1.97. The van der Waals surface area contributed by atoms with Crippen LogP contribution in [-0.2, 0) is 13.5 Å². The van der Waals surface area contributed by atoms with E-state index in [-0.39, 0.29) is 0 Å². The Balaban J connectivity index is 1.73. The monoisotopic (exact) mass is 256 g/mol. The van der Waals surface area contributed by atoms with Gasteiger partial charge in [-0.2, -0.15) is 5.10 Å². The fourth-order valence-corrected chi connectivity index (χ4v) is 2.76. The van der Waals surface area contributed by atoms with Crippen molar-refractivity contribution >= 4 is 5.82 Å². The molecule has 1 aliphatic rings. The lowest BCUT2D eigenvalue weighted by molar-refractivity contribution is 0.522. The first-order valence-electron chi connectivity index (χ1n) is 6.80. The van der Waals surface area contributed by atoms with Gasteiger partial charge >= 0.3 is 0 Å². The first-order valence-corrected chi connectivity index (χ1v) is 6.80. The molecule has 0 bridgehead atoms. The lowest BCUT2D eigenvalue weighted by Gasteiger charge is -2.27. The molecule has 1 aliphatic heterocycles. The molecule has 0 spiro atoms. The molecule has 1 atom stereocenters. The molecule has 3 rings (SSSR count). The van der Waals surface area contributed by atoms with Crippen LogP contribution in [0, 0.1) is 6.92 Å². The summed E-state index contributed by atoms with van der Waals surface area (Å²) >= 11 is 0. The Labute approximate surface area is 113 Å². The van der Waals surface area contributed by atoms with Crippen LogP contribution in [0.5, 0.6) is 0 Å². The second-order valence-corrected chi connectivity index (χ2v) is 5.13. The van der Waals surface area contributed by atoms with E-state index in [1.54, 1.807) is 0 Å². The van der Waals surface area contributed by atoms with Crippen molar-refractivity contribution in [2.45, 2.75) is 19.4 Å². The Morgan fingerprint density at radius 1 is 1.42 bits per heavy atom. The van der Waals surface area contributed by atoms with E-state index in [9.17, 15) is 0 Å². The topological polar surface area (TPSA) is 41.9 Å². The highest BCUT2D eigenvalue weighted by Crippen LogP contribution is 2.23. The summed E-state index contributed by atoms with van der Waals surface area (Å²) in [4.78, 5) is 0. The number of fused-ring (bicyclic) bond motifs is 1. The molecule has 2 heterocycles. The Morgan fingerprint density at radius 3 is 3.05 bits per heavy atom. The average Bonchev–Trinajstić information content (AvgIpc) is 2.74. The zero-order valence-corrected chi connectivity index (χ0v) is 11.5. The minimum atomic E-state index is 0.375. The molecule has 0 amide bonds. The van der Waals surface area contributed by atoms with Gasteiger partial charge in [-0.1, -0.05) is 24.3 Å². The van der Waals surface area contributed by atoms with Gasteiger partial charge < -0.3 is 10.6 Å². The summed E-state index contributed by atoms with van der Waals surface area (Å²) in [6.07, 6.45) is 1.12. The van der Waals surface area contributed by atoms with Crippen molar-refractivity contribution in [2.75, 3.05) is 18.4 Å². The number of rotatable bonds is 3. The Bertz CT molecular complexity index is 573. The van der Waals surface area contributed by atoms with Gasteiger partial charge in [-0.3, -0.25) is 4.68 Å². The fraction of sp³-hybridized carbons (Fsp3) is 0.400. The highest BCUT2D eigenvalue weighted by Gasteiger charge is 2.18. The summed E-state index contributed by atoms with van der Waals surface area (Å²) in [5.74, 6) is 1.07. The third kappa shape index (κ3) is 2.49. The molecule has 100 valence electrons. The van der Waals surface area contributed by atoms with Crippen LogP contribution in [-0.4, -0.2) is 22.9 Å². The van der Waals surface area contributed by atoms with Gasteiger partial charge in [-0.05, 0) is 31.0 Å². The van der Waals surface area contributed by atoms with E-state index in [0.717, 1.165) is 31.0 Å². The van der Waals surface area contributed by atoms with Crippen LogP contribution < -0.4 is 10.6 Å². The van der Waals surface area contributed by atoms with Crippen molar-refractivity contribution in [2.24, 2.45) is 7.05 Å². The second kappa shape index (κ2) is 5.05. The molecule has 0 fully saturated rings. The minimum Gasteiger partial charge on any atom is -0.368 e. The molecule has 1 unspecified atom stereocenters. The predicted molar refractivity (Wildman–Crippen MR) is 77.3 cm³/mol. The zero-order valence-electron chi connectivity index (χ0n) is 11.5. The van der Waals surface area contributed by atoms with Gasteiger partial charge in [-0.15, -0.1) is 0 Å². The fourth-order valence-electron chi connectivity index (χ4n) is 2.76. The molecule has 2 N–H and O–H groups in total. The number of nitrogens with zero attached hydrogens (tertiary/aromatic N) is 2. The van der Waals surface area contributed by atoms with Gasteiger partial charge in [0, 0.05) is 25.7 Å². The Kier molecular flexibility index (Phi) is 3.25. The van der Waals surface area contributed by atoms with E-state index in [0.29, 0.717) is 6.04 Å². The zero-order chi connectivity index (χ0) is 13.2. The lowest BCUT2D eigenvalue weighted by atomic mass is 9.94. The van der Waals surface area contributed by atoms with Gasteiger partial charge in [0.15, 0.2) is 0 Å².